The van der Waals surface area contributed by atoms with Gasteiger partial charge in [0.2, 0.25) is 0 Å². The molecule has 0 spiro atoms. The first-order valence-electron chi connectivity index (χ1n) is 8.19. The molecule has 2 aromatic heterocycles. The molecule has 0 amide bonds. The van der Waals surface area contributed by atoms with Gasteiger partial charge in [-0.2, -0.15) is 5.10 Å². The van der Waals surface area contributed by atoms with Crippen molar-refractivity contribution in [1.29, 1.82) is 0 Å². The Balaban J connectivity index is 1.90. The lowest BCUT2D eigenvalue weighted by Crippen LogP contribution is -2.09. The van der Waals surface area contributed by atoms with E-state index in [1.165, 1.54) is 23.9 Å². The van der Waals surface area contributed by atoms with Crippen molar-refractivity contribution in [2.24, 2.45) is 5.73 Å². The van der Waals surface area contributed by atoms with Gasteiger partial charge in [-0.25, -0.2) is 9.37 Å². The van der Waals surface area contributed by atoms with Gasteiger partial charge in [-0.3, -0.25) is 4.68 Å². The second kappa shape index (κ2) is 8.48. The number of pyridine rings is 1. The molecule has 4 N–H and O–H groups in total. The second-order valence-corrected chi connectivity index (χ2v) is 8.07. The molecular weight excluding hydrogens is 408 g/mol. The van der Waals surface area contributed by atoms with Gasteiger partial charge >= 0.3 is 0 Å². The van der Waals surface area contributed by atoms with E-state index in [-0.39, 0.29) is 10.3 Å². The van der Waals surface area contributed by atoms with Gasteiger partial charge in [-0.15, -0.1) is 11.8 Å². The normalized spacial score (nSPS) is 12.3. The molecule has 27 heavy (non-hydrogen) atoms. The number of nitrogens with two attached hydrogens (primary N) is 2. The van der Waals surface area contributed by atoms with Crippen molar-refractivity contribution >= 4 is 40.8 Å². The van der Waals surface area contributed by atoms with E-state index in [0.717, 1.165) is 16.0 Å². The molecule has 1 aromatic carbocycles. The molecule has 2 heterocycles. The quantitative estimate of drug-likeness (QED) is 0.438. The molecule has 142 valence electrons. The highest BCUT2D eigenvalue weighted by atomic mass is 35.5. The maximum absolute atomic E-state index is 13.8. The van der Waals surface area contributed by atoms with Crippen LogP contribution in [-0.2, 0) is 6.54 Å². The van der Waals surface area contributed by atoms with Crippen molar-refractivity contribution in [2.45, 2.75) is 23.6 Å². The Morgan fingerprint density at radius 2 is 2.04 bits per heavy atom. The van der Waals surface area contributed by atoms with Crippen molar-refractivity contribution in [2.75, 3.05) is 12.3 Å². The summed E-state index contributed by atoms with van der Waals surface area (Å²) in [6.07, 6.45) is 5.34. The maximum atomic E-state index is 13.8. The van der Waals surface area contributed by atoms with E-state index in [9.17, 15) is 4.39 Å². The van der Waals surface area contributed by atoms with E-state index in [4.69, 9.17) is 34.7 Å². The smallest absolute Gasteiger partial charge is 0.142 e. The molecule has 0 saturated heterocycles. The van der Waals surface area contributed by atoms with Crippen LogP contribution in [0.4, 0.5) is 10.2 Å². The fourth-order valence-electron chi connectivity index (χ4n) is 2.64. The molecule has 0 aliphatic carbocycles. The number of benzene rings is 1. The molecule has 3 rings (SSSR count). The highest BCUT2D eigenvalue weighted by Crippen LogP contribution is 2.44. The van der Waals surface area contributed by atoms with Gasteiger partial charge in [0, 0.05) is 45.9 Å². The van der Waals surface area contributed by atoms with E-state index in [1.807, 2.05) is 19.2 Å². The number of rotatable bonds is 6. The maximum Gasteiger partial charge on any atom is 0.142 e. The van der Waals surface area contributed by atoms with Crippen LogP contribution >= 0.6 is 35.0 Å². The van der Waals surface area contributed by atoms with E-state index < -0.39 is 5.82 Å². The number of hydrogen-bond acceptors (Lipinski definition) is 5. The zero-order chi connectivity index (χ0) is 19.6. The van der Waals surface area contributed by atoms with Crippen molar-refractivity contribution in [3.05, 3.63) is 58.2 Å². The Labute approximate surface area is 170 Å². The fraction of sp³-hybridized carbons (Fsp3) is 0.222. The first kappa shape index (κ1) is 19.9. The molecule has 1 atom stereocenters. The van der Waals surface area contributed by atoms with Crippen LogP contribution in [0.25, 0.3) is 11.1 Å². The number of anilines is 1. The molecule has 5 nitrogen and oxygen atoms in total. The third-order valence-corrected chi connectivity index (χ3v) is 5.88. The van der Waals surface area contributed by atoms with Crippen LogP contribution < -0.4 is 11.5 Å². The molecule has 3 aromatic rings. The lowest BCUT2D eigenvalue weighted by atomic mass is 10.1. The largest absolute Gasteiger partial charge is 0.383 e. The van der Waals surface area contributed by atoms with Gasteiger partial charge in [0.25, 0.3) is 0 Å². The van der Waals surface area contributed by atoms with Crippen LogP contribution in [0.3, 0.4) is 0 Å². The topological polar surface area (TPSA) is 82.8 Å². The minimum atomic E-state index is -0.504. The molecule has 0 aliphatic heterocycles. The lowest BCUT2D eigenvalue weighted by Gasteiger charge is -2.16. The number of nitrogen functional groups attached to an aromatic ring is 1. The van der Waals surface area contributed by atoms with Gasteiger partial charge < -0.3 is 11.5 Å². The summed E-state index contributed by atoms with van der Waals surface area (Å²) < 4.78 is 15.6. The Bertz CT molecular complexity index is 963. The molecule has 0 fully saturated rings. The third-order valence-electron chi connectivity index (χ3n) is 4.00. The van der Waals surface area contributed by atoms with Gasteiger partial charge in [-0.1, -0.05) is 23.2 Å². The molecule has 0 aliphatic rings. The summed E-state index contributed by atoms with van der Waals surface area (Å²) in [6.45, 7) is 3.04. The molecule has 0 bridgehead atoms. The summed E-state index contributed by atoms with van der Waals surface area (Å²) in [5, 5.41) is 4.48. The van der Waals surface area contributed by atoms with Gasteiger partial charge in [0.05, 0.1) is 22.7 Å². The van der Waals surface area contributed by atoms with Gasteiger partial charge in [0.15, 0.2) is 0 Å². The molecular formula is C18H18Cl2FN5S. The van der Waals surface area contributed by atoms with Crippen LogP contribution in [0, 0.1) is 5.82 Å². The Morgan fingerprint density at radius 3 is 2.78 bits per heavy atom. The van der Waals surface area contributed by atoms with Gasteiger partial charge in [0.1, 0.15) is 11.6 Å². The van der Waals surface area contributed by atoms with E-state index >= 15 is 0 Å². The molecule has 0 saturated carbocycles. The minimum absolute atomic E-state index is 0.0215. The van der Waals surface area contributed by atoms with Crippen molar-refractivity contribution in [3.8, 4) is 11.1 Å². The monoisotopic (exact) mass is 425 g/mol. The Kier molecular flexibility index (Phi) is 6.26. The van der Waals surface area contributed by atoms with E-state index in [2.05, 4.69) is 10.1 Å². The highest BCUT2D eigenvalue weighted by Gasteiger charge is 2.19. The van der Waals surface area contributed by atoms with Crippen molar-refractivity contribution < 1.29 is 4.39 Å². The zero-order valence-electron chi connectivity index (χ0n) is 14.5. The summed E-state index contributed by atoms with van der Waals surface area (Å²) in [7, 11) is 0. The van der Waals surface area contributed by atoms with Gasteiger partial charge in [-0.05, 0) is 25.1 Å². The number of aromatic nitrogens is 3. The summed E-state index contributed by atoms with van der Waals surface area (Å²) >= 11 is 13.8. The average Bonchev–Trinajstić information content (AvgIpc) is 3.09. The predicted molar refractivity (Wildman–Crippen MR) is 110 cm³/mol. The van der Waals surface area contributed by atoms with E-state index in [0.29, 0.717) is 29.5 Å². The second-order valence-electron chi connectivity index (χ2n) is 5.91. The summed E-state index contributed by atoms with van der Waals surface area (Å²) in [5.74, 6) is -0.121. The first-order chi connectivity index (χ1) is 12.9. The van der Waals surface area contributed by atoms with Crippen molar-refractivity contribution in [1.82, 2.24) is 14.8 Å². The van der Waals surface area contributed by atoms with Crippen LogP contribution in [0.1, 0.15) is 17.7 Å². The minimum Gasteiger partial charge on any atom is -0.383 e. The number of halogens is 3. The fourth-order valence-corrected chi connectivity index (χ4v) is 4.58. The Morgan fingerprint density at radius 1 is 1.26 bits per heavy atom. The third kappa shape index (κ3) is 4.38. The zero-order valence-corrected chi connectivity index (χ0v) is 16.8. The molecule has 1 unspecified atom stereocenters. The SMILES string of the molecule is CC(Sc1cc(-c2cnn(CCN)c2)cnc1N)c1c(Cl)ccc(F)c1Cl. The summed E-state index contributed by atoms with van der Waals surface area (Å²) in [4.78, 5) is 5.03. The molecule has 0 radical (unpaired) electrons. The highest BCUT2D eigenvalue weighted by molar-refractivity contribution is 7.99. The lowest BCUT2D eigenvalue weighted by molar-refractivity contribution is 0.625. The van der Waals surface area contributed by atoms with E-state index in [1.54, 1.807) is 17.1 Å². The average molecular weight is 426 g/mol. The summed E-state index contributed by atoms with van der Waals surface area (Å²) in [5.41, 5.74) is 13.9. The first-order valence-corrected chi connectivity index (χ1v) is 9.82. The summed E-state index contributed by atoms with van der Waals surface area (Å²) in [6, 6.07) is 4.68. The number of nitrogens with zero attached hydrogens (tertiary/aromatic N) is 3. The standard InChI is InChI=1S/C18H18Cl2FN5S/c1-10(16-13(19)2-3-14(21)17(16)20)27-15-6-11(7-24-18(15)23)12-8-25-26(9-12)5-4-22/h2-3,6-10H,4-5,22H2,1H3,(H2,23,24). The van der Waals surface area contributed by atoms with Crippen molar-refractivity contribution in [3.63, 3.8) is 0 Å². The van der Waals surface area contributed by atoms with Crippen LogP contribution in [0.2, 0.25) is 10.0 Å². The van der Waals surface area contributed by atoms with Crippen LogP contribution in [0.15, 0.2) is 41.7 Å². The van der Waals surface area contributed by atoms with Crippen LogP contribution in [-0.4, -0.2) is 21.3 Å². The molecule has 9 heteroatoms. The number of hydrogen-bond donors (Lipinski definition) is 2. The van der Waals surface area contributed by atoms with Crippen LogP contribution in [0.5, 0.6) is 0 Å². The Hall–Kier alpha value is -1.80. The number of thioether (sulfide) groups is 1. The predicted octanol–water partition coefficient (Wildman–Crippen LogP) is 4.79.